The molecule has 4 heteroatoms. The van der Waals surface area contributed by atoms with Crippen molar-refractivity contribution in [3.8, 4) is 0 Å². The molecule has 0 N–H and O–H groups in total. The van der Waals surface area contributed by atoms with Gasteiger partial charge in [0.15, 0.2) is 0 Å². The molecule has 1 aliphatic rings. The molecule has 27 heavy (non-hydrogen) atoms. The number of hydrogen-bond acceptors (Lipinski definition) is 2. The average Bonchev–Trinajstić information content (AvgIpc) is 3.42. The number of carbonyl (C=O) groups excluding carboxylic acids is 1. The summed E-state index contributed by atoms with van der Waals surface area (Å²) in [4.78, 5) is 14.4. The summed E-state index contributed by atoms with van der Waals surface area (Å²) in [6.45, 7) is 2.12. The lowest BCUT2D eigenvalue weighted by Gasteiger charge is -2.29. The maximum atomic E-state index is 13.9. The molecular formula is C23H22FNO2. The van der Waals surface area contributed by atoms with Gasteiger partial charge in [0, 0.05) is 6.42 Å². The van der Waals surface area contributed by atoms with Gasteiger partial charge in [-0.1, -0.05) is 72.8 Å². The third-order valence-electron chi connectivity index (χ3n) is 5.14. The van der Waals surface area contributed by atoms with Gasteiger partial charge in [0.2, 0.25) is 0 Å². The van der Waals surface area contributed by atoms with Crippen molar-refractivity contribution in [1.82, 2.24) is 4.90 Å². The van der Waals surface area contributed by atoms with E-state index in [9.17, 15) is 9.18 Å². The number of nitrogens with zero attached hydrogens (tertiary/aromatic N) is 1. The molecule has 0 unspecified atom stereocenters. The van der Waals surface area contributed by atoms with Crippen molar-refractivity contribution < 1.29 is 13.9 Å². The molecule has 3 atom stereocenters. The predicted octanol–water partition coefficient (Wildman–Crippen LogP) is 5.65. The van der Waals surface area contributed by atoms with Crippen molar-refractivity contribution in [2.75, 3.05) is 0 Å². The molecule has 3 aromatic rings. The number of halogens is 1. The van der Waals surface area contributed by atoms with Gasteiger partial charge in [-0.05, 0) is 28.8 Å². The van der Waals surface area contributed by atoms with E-state index in [0.29, 0.717) is 6.42 Å². The van der Waals surface area contributed by atoms with Gasteiger partial charge in [-0.3, -0.25) is 4.90 Å². The van der Waals surface area contributed by atoms with Gasteiger partial charge in [0.1, 0.15) is 12.8 Å². The lowest BCUT2D eigenvalue weighted by Crippen LogP contribution is -2.37. The summed E-state index contributed by atoms with van der Waals surface area (Å²) in [5.74, 6) is 0. The fraction of sp³-hybridized carbons (Fsp3) is 0.261. The number of carbonyl (C=O) groups is 1. The van der Waals surface area contributed by atoms with Crippen LogP contribution in [0.4, 0.5) is 9.18 Å². The molecule has 1 aliphatic carbocycles. The molecule has 138 valence electrons. The highest BCUT2D eigenvalue weighted by Gasteiger charge is 2.47. The smallest absolute Gasteiger partial charge is 0.410 e. The quantitative estimate of drug-likeness (QED) is 0.586. The minimum Gasteiger partial charge on any atom is -0.445 e. The van der Waals surface area contributed by atoms with Crippen LogP contribution in [0.25, 0.3) is 10.8 Å². The molecule has 3 aromatic carbocycles. The lowest BCUT2D eigenvalue weighted by atomic mass is 9.99. The second kappa shape index (κ2) is 7.39. The summed E-state index contributed by atoms with van der Waals surface area (Å²) in [5.41, 5.74) is 1.92. The van der Waals surface area contributed by atoms with E-state index in [1.807, 2.05) is 79.7 Å². The number of alkyl halides is 1. The molecule has 0 aliphatic heterocycles. The van der Waals surface area contributed by atoms with Crippen molar-refractivity contribution in [2.45, 2.75) is 38.2 Å². The number of amides is 1. The van der Waals surface area contributed by atoms with E-state index in [0.717, 1.165) is 21.9 Å². The van der Waals surface area contributed by atoms with Gasteiger partial charge in [-0.2, -0.15) is 0 Å². The van der Waals surface area contributed by atoms with Crippen LogP contribution in [0.5, 0.6) is 0 Å². The van der Waals surface area contributed by atoms with Crippen molar-refractivity contribution in [2.24, 2.45) is 0 Å². The first-order chi connectivity index (χ1) is 13.1. The molecular weight excluding hydrogens is 341 g/mol. The van der Waals surface area contributed by atoms with Crippen LogP contribution in [0.15, 0.2) is 72.8 Å². The van der Waals surface area contributed by atoms with Crippen LogP contribution >= 0.6 is 0 Å². The Balaban J connectivity index is 1.59. The number of benzene rings is 3. The van der Waals surface area contributed by atoms with Crippen LogP contribution in [-0.4, -0.2) is 23.2 Å². The Kier molecular flexibility index (Phi) is 4.80. The third kappa shape index (κ3) is 3.65. The number of ether oxygens (including phenoxy) is 1. The first kappa shape index (κ1) is 17.5. The molecule has 1 saturated carbocycles. The van der Waals surface area contributed by atoms with Crippen molar-refractivity contribution in [3.63, 3.8) is 0 Å². The Labute approximate surface area is 158 Å². The summed E-state index contributed by atoms with van der Waals surface area (Å²) >= 11 is 0. The largest absolute Gasteiger partial charge is 0.445 e. The van der Waals surface area contributed by atoms with Crippen LogP contribution in [0.3, 0.4) is 0 Å². The van der Waals surface area contributed by atoms with E-state index in [4.69, 9.17) is 4.74 Å². The van der Waals surface area contributed by atoms with Gasteiger partial charge in [-0.15, -0.1) is 0 Å². The highest BCUT2D eigenvalue weighted by Crippen LogP contribution is 2.39. The fourth-order valence-corrected chi connectivity index (χ4v) is 3.58. The Morgan fingerprint density at radius 3 is 2.48 bits per heavy atom. The topological polar surface area (TPSA) is 29.5 Å². The summed E-state index contributed by atoms with van der Waals surface area (Å²) in [5, 5.41) is 2.18. The monoisotopic (exact) mass is 363 g/mol. The van der Waals surface area contributed by atoms with E-state index < -0.39 is 18.3 Å². The summed E-state index contributed by atoms with van der Waals surface area (Å²) < 4.78 is 19.4. The third-order valence-corrected chi connectivity index (χ3v) is 5.14. The lowest BCUT2D eigenvalue weighted by molar-refractivity contribution is 0.0763. The van der Waals surface area contributed by atoms with Crippen molar-refractivity contribution in [3.05, 3.63) is 83.9 Å². The van der Waals surface area contributed by atoms with Crippen LogP contribution in [0.1, 0.15) is 30.5 Å². The van der Waals surface area contributed by atoms with E-state index in [-0.39, 0.29) is 12.6 Å². The Hall–Kier alpha value is -2.88. The number of hydrogen-bond donors (Lipinski definition) is 0. The Morgan fingerprint density at radius 1 is 1.07 bits per heavy atom. The summed E-state index contributed by atoms with van der Waals surface area (Å²) in [6, 6.07) is 22.9. The standard InChI is InChI=1S/C23H22FNO2/c1-16(19-13-7-11-18-10-5-6-12-20(18)19)25(22-14-21(22)24)23(26)27-15-17-8-3-2-4-9-17/h2-13,16,21-22H,14-15H2,1H3/t16-,21+,22-/m0/s1. The molecule has 0 radical (unpaired) electrons. The van der Waals surface area contributed by atoms with Crippen LogP contribution in [-0.2, 0) is 11.3 Å². The zero-order chi connectivity index (χ0) is 18.8. The fourth-order valence-electron chi connectivity index (χ4n) is 3.58. The van der Waals surface area contributed by atoms with Crippen LogP contribution in [0.2, 0.25) is 0 Å². The SMILES string of the molecule is C[C@@H](c1cccc2ccccc12)N(C(=O)OCc1ccccc1)[C@H]1C[C@H]1F. The van der Waals surface area contributed by atoms with Gasteiger partial charge in [-0.25, -0.2) is 9.18 Å². The molecule has 0 spiro atoms. The van der Waals surface area contributed by atoms with E-state index in [1.165, 1.54) is 0 Å². The van der Waals surface area contributed by atoms with Crippen LogP contribution in [0, 0.1) is 0 Å². The molecule has 4 rings (SSSR count). The maximum Gasteiger partial charge on any atom is 0.410 e. The van der Waals surface area contributed by atoms with Gasteiger partial charge >= 0.3 is 6.09 Å². The minimum absolute atomic E-state index is 0.183. The van der Waals surface area contributed by atoms with Gasteiger partial charge in [0.25, 0.3) is 0 Å². The second-order valence-corrected chi connectivity index (χ2v) is 7.01. The molecule has 0 heterocycles. The van der Waals surface area contributed by atoms with Crippen LogP contribution < -0.4 is 0 Å². The molecule has 3 nitrogen and oxygen atoms in total. The summed E-state index contributed by atoms with van der Waals surface area (Å²) in [7, 11) is 0. The molecule has 0 bridgehead atoms. The highest BCUT2D eigenvalue weighted by atomic mass is 19.1. The maximum absolute atomic E-state index is 13.9. The zero-order valence-corrected chi connectivity index (χ0v) is 15.2. The molecule has 1 fully saturated rings. The molecule has 0 aromatic heterocycles. The Bertz CT molecular complexity index is 938. The van der Waals surface area contributed by atoms with Gasteiger partial charge in [0.05, 0.1) is 12.1 Å². The summed E-state index contributed by atoms with van der Waals surface area (Å²) in [6.07, 6.45) is -1.08. The zero-order valence-electron chi connectivity index (χ0n) is 15.2. The average molecular weight is 363 g/mol. The minimum atomic E-state index is -0.980. The van der Waals surface area contributed by atoms with Crippen molar-refractivity contribution in [1.29, 1.82) is 0 Å². The molecule has 1 amide bonds. The Morgan fingerprint density at radius 2 is 1.74 bits per heavy atom. The predicted molar refractivity (Wildman–Crippen MR) is 104 cm³/mol. The number of rotatable bonds is 5. The molecule has 0 saturated heterocycles. The highest BCUT2D eigenvalue weighted by molar-refractivity contribution is 5.86. The van der Waals surface area contributed by atoms with E-state index in [1.54, 1.807) is 4.90 Å². The first-order valence-corrected chi connectivity index (χ1v) is 9.26. The van der Waals surface area contributed by atoms with Gasteiger partial charge < -0.3 is 4.74 Å². The van der Waals surface area contributed by atoms with E-state index >= 15 is 0 Å². The first-order valence-electron chi connectivity index (χ1n) is 9.26. The van der Waals surface area contributed by atoms with E-state index in [2.05, 4.69) is 0 Å². The number of fused-ring (bicyclic) bond motifs is 1. The normalized spacial score (nSPS) is 19.5. The second-order valence-electron chi connectivity index (χ2n) is 7.01. The van der Waals surface area contributed by atoms with Crippen molar-refractivity contribution >= 4 is 16.9 Å².